The predicted molar refractivity (Wildman–Crippen MR) is 142 cm³/mol. The molecule has 0 unspecified atom stereocenters. The third kappa shape index (κ3) is 6.10. The first-order valence-electron chi connectivity index (χ1n) is 11.7. The van der Waals surface area contributed by atoms with E-state index in [1.807, 2.05) is 36.4 Å². The van der Waals surface area contributed by atoms with Crippen LogP contribution in [0.1, 0.15) is 40.1 Å². The summed E-state index contributed by atoms with van der Waals surface area (Å²) in [6.45, 7) is 7.30. The van der Waals surface area contributed by atoms with E-state index in [2.05, 4.69) is 18.7 Å². The van der Waals surface area contributed by atoms with Crippen molar-refractivity contribution in [1.29, 1.82) is 0 Å². The van der Waals surface area contributed by atoms with E-state index in [-0.39, 0.29) is 24.1 Å². The molecule has 0 saturated carbocycles. The Morgan fingerprint density at radius 1 is 0.861 bits per heavy atom. The molecular formula is C28H29ClN3O3S-. The number of likely N-dealkylation sites (N-methyl/N-ethyl adjacent to an activating group) is 1. The Bertz CT molecular complexity index is 1300. The predicted octanol–water partition coefficient (Wildman–Crippen LogP) is 2.53. The molecule has 8 heteroatoms. The molecule has 4 aromatic rings. The first kappa shape index (κ1) is 27.3. The molecule has 0 atom stereocenters. The number of rotatable bonds is 10. The maximum absolute atomic E-state index is 13.7. The van der Waals surface area contributed by atoms with Crippen molar-refractivity contribution in [2.45, 2.75) is 13.8 Å². The third-order valence-electron chi connectivity index (χ3n) is 6.02. The molecule has 188 valence electrons. The van der Waals surface area contributed by atoms with Gasteiger partial charge >= 0.3 is 0 Å². The molecule has 3 aromatic carbocycles. The Labute approximate surface area is 221 Å². The van der Waals surface area contributed by atoms with E-state index in [9.17, 15) is 9.59 Å². The molecule has 0 aliphatic rings. The van der Waals surface area contributed by atoms with Crippen LogP contribution in [0, 0.1) is 0 Å². The van der Waals surface area contributed by atoms with Gasteiger partial charge in [0.1, 0.15) is 5.75 Å². The second-order valence-electron chi connectivity index (χ2n) is 8.09. The van der Waals surface area contributed by atoms with Crippen LogP contribution in [0.25, 0.3) is 10.2 Å². The van der Waals surface area contributed by atoms with Crippen molar-refractivity contribution in [2.24, 2.45) is 0 Å². The minimum atomic E-state index is -0.137. The Balaban J connectivity index is 0.00000361. The highest BCUT2D eigenvalue weighted by Gasteiger charge is 2.22. The van der Waals surface area contributed by atoms with Crippen LogP contribution in [0.4, 0.5) is 5.13 Å². The topological polar surface area (TPSA) is 62.7 Å². The SMILES string of the molecule is CCN(CC)CCN(C(=O)c1ccc(C(=O)c2ccccc2)cc1)c1nc2ccc(OC)cc2s1.[Cl-]. The van der Waals surface area contributed by atoms with Gasteiger partial charge in [0.05, 0.1) is 17.3 Å². The number of ether oxygens (including phenoxy) is 1. The van der Waals surface area contributed by atoms with E-state index in [0.717, 1.165) is 35.6 Å². The van der Waals surface area contributed by atoms with Crippen molar-refractivity contribution >= 4 is 38.4 Å². The number of halogens is 1. The fourth-order valence-corrected chi connectivity index (χ4v) is 4.90. The monoisotopic (exact) mass is 522 g/mol. The van der Waals surface area contributed by atoms with Gasteiger partial charge in [-0.25, -0.2) is 4.98 Å². The zero-order valence-corrected chi connectivity index (χ0v) is 22.2. The van der Waals surface area contributed by atoms with Gasteiger partial charge in [0, 0.05) is 29.8 Å². The summed E-state index contributed by atoms with van der Waals surface area (Å²) < 4.78 is 6.31. The van der Waals surface area contributed by atoms with Crippen LogP contribution >= 0.6 is 11.3 Å². The summed E-state index contributed by atoms with van der Waals surface area (Å²) in [5.41, 5.74) is 2.52. The number of amides is 1. The molecule has 0 saturated heterocycles. The fraction of sp³-hybridized carbons (Fsp3) is 0.250. The molecule has 0 bridgehead atoms. The van der Waals surface area contributed by atoms with E-state index in [4.69, 9.17) is 9.72 Å². The van der Waals surface area contributed by atoms with Crippen LogP contribution in [0.2, 0.25) is 0 Å². The first-order valence-corrected chi connectivity index (χ1v) is 12.5. The van der Waals surface area contributed by atoms with E-state index < -0.39 is 0 Å². The van der Waals surface area contributed by atoms with Gasteiger partial charge in [-0.05, 0) is 43.4 Å². The number of thiazole rings is 1. The smallest absolute Gasteiger partial charge is 0.260 e. The van der Waals surface area contributed by atoms with Crippen molar-refractivity contribution < 1.29 is 26.7 Å². The number of nitrogens with zero attached hydrogens (tertiary/aromatic N) is 3. The van der Waals surface area contributed by atoms with Gasteiger partial charge < -0.3 is 22.0 Å². The van der Waals surface area contributed by atoms with Gasteiger partial charge in [-0.1, -0.05) is 67.6 Å². The molecule has 6 nitrogen and oxygen atoms in total. The highest BCUT2D eigenvalue weighted by molar-refractivity contribution is 7.22. The summed E-state index contributed by atoms with van der Waals surface area (Å²) >= 11 is 1.47. The van der Waals surface area contributed by atoms with Gasteiger partial charge in [-0.2, -0.15) is 0 Å². The highest BCUT2D eigenvalue weighted by atomic mass is 35.5. The molecule has 1 aromatic heterocycles. The lowest BCUT2D eigenvalue weighted by atomic mass is 10.0. The number of methoxy groups -OCH3 is 1. The Morgan fingerprint density at radius 3 is 2.14 bits per heavy atom. The molecule has 1 heterocycles. The number of carbonyl (C=O) groups excluding carboxylic acids is 2. The number of hydrogen-bond donors (Lipinski definition) is 0. The van der Waals surface area contributed by atoms with Crippen LogP contribution < -0.4 is 22.0 Å². The van der Waals surface area contributed by atoms with Crippen LogP contribution in [0.3, 0.4) is 0 Å². The quantitative estimate of drug-likeness (QED) is 0.300. The lowest BCUT2D eigenvalue weighted by molar-refractivity contribution is -0.0000220. The first-order chi connectivity index (χ1) is 17.0. The van der Waals surface area contributed by atoms with Gasteiger partial charge in [-0.15, -0.1) is 0 Å². The van der Waals surface area contributed by atoms with Crippen molar-refractivity contribution in [1.82, 2.24) is 9.88 Å². The molecule has 0 aliphatic heterocycles. The average Bonchev–Trinajstić information content (AvgIpc) is 3.34. The molecule has 0 radical (unpaired) electrons. The summed E-state index contributed by atoms with van der Waals surface area (Å²) in [6.07, 6.45) is 0. The van der Waals surface area contributed by atoms with Crippen molar-refractivity contribution in [3.05, 3.63) is 89.5 Å². The Kier molecular flexibility index (Phi) is 9.58. The van der Waals surface area contributed by atoms with E-state index >= 15 is 0 Å². The molecule has 0 aliphatic carbocycles. The molecular weight excluding hydrogens is 494 g/mol. The lowest BCUT2D eigenvalue weighted by Gasteiger charge is -2.24. The number of carbonyl (C=O) groups is 2. The largest absolute Gasteiger partial charge is 1.00 e. The summed E-state index contributed by atoms with van der Waals surface area (Å²) in [6, 6.07) is 21.7. The zero-order valence-electron chi connectivity index (χ0n) is 20.6. The van der Waals surface area contributed by atoms with E-state index in [0.29, 0.717) is 28.4 Å². The summed E-state index contributed by atoms with van der Waals surface area (Å²) in [5, 5.41) is 0.648. The maximum atomic E-state index is 13.7. The maximum Gasteiger partial charge on any atom is 0.260 e. The summed E-state index contributed by atoms with van der Waals surface area (Å²) in [4.78, 5) is 35.2. The number of fused-ring (bicyclic) bond motifs is 1. The average molecular weight is 523 g/mol. The van der Waals surface area contributed by atoms with E-state index in [1.54, 1.807) is 48.4 Å². The molecule has 1 amide bonds. The second kappa shape index (κ2) is 12.6. The van der Waals surface area contributed by atoms with Gasteiger partial charge in [-0.3, -0.25) is 14.5 Å². The number of ketones is 1. The molecule has 0 spiro atoms. The number of benzene rings is 3. The normalized spacial score (nSPS) is 10.8. The second-order valence-corrected chi connectivity index (χ2v) is 9.10. The van der Waals surface area contributed by atoms with Crippen LogP contribution in [0.5, 0.6) is 5.75 Å². The molecule has 0 N–H and O–H groups in total. The highest BCUT2D eigenvalue weighted by Crippen LogP contribution is 2.32. The molecule has 36 heavy (non-hydrogen) atoms. The molecule has 0 fully saturated rings. The standard InChI is InChI=1S/C28H29N3O3S.ClH/c1-4-30(5-2)17-18-31(28-29-24-16-15-23(34-3)19-25(24)35-28)27(33)22-13-11-21(12-14-22)26(32)20-9-7-6-8-10-20;/h6-16,19H,4-5,17-18H2,1-3H3;1H/p-1. The summed E-state index contributed by atoms with van der Waals surface area (Å²) in [7, 11) is 1.63. The number of aromatic nitrogens is 1. The number of hydrogen-bond acceptors (Lipinski definition) is 6. The minimum absolute atomic E-state index is 0. The van der Waals surface area contributed by atoms with Gasteiger partial charge in [0.15, 0.2) is 10.9 Å². The number of anilines is 1. The van der Waals surface area contributed by atoms with E-state index in [1.165, 1.54) is 11.3 Å². The van der Waals surface area contributed by atoms with Crippen molar-refractivity contribution in [3.8, 4) is 5.75 Å². The Morgan fingerprint density at radius 2 is 1.50 bits per heavy atom. The van der Waals surface area contributed by atoms with Crippen LogP contribution in [-0.2, 0) is 0 Å². The van der Waals surface area contributed by atoms with Crippen molar-refractivity contribution in [3.63, 3.8) is 0 Å². The van der Waals surface area contributed by atoms with Crippen LogP contribution in [-0.4, -0.2) is 54.9 Å². The van der Waals surface area contributed by atoms with Gasteiger partial charge in [0.2, 0.25) is 0 Å². The third-order valence-corrected chi connectivity index (χ3v) is 7.07. The Hall–Kier alpha value is -3.26. The van der Waals surface area contributed by atoms with Gasteiger partial charge in [0.25, 0.3) is 5.91 Å². The lowest BCUT2D eigenvalue weighted by Crippen LogP contribution is -3.00. The van der Waals surface area contributed by atoms with Crippen molar-refractivity contribution in [2.75, 3.05) is 38.2 Å². The summed E-state index contributed by atoms with van der Waals surface area (Å²) in [5.74, 6) is 0.553. The zero-order chi connectivity index (χ0) is 24.8. The van der Waals surface area contributed by atoms with Crippen LogP contribution in [0.15, 0.2) is 72.8 Å². The fourth-order valence-electron chi connectivity index (χ4n) is 3.88. The molecule has 4 rings (SSSR count). The minimum Gasteiger partial charge on any atom is -1.00 e.